The van der Waals surface area contributed by atoms with Crippen LogP contribution in [0.2, 0.25) is 0 Å². The molecule has 0 aliphatic heterocycles. The van der Waals surface area contributed by atoms with Crippen LogP contribution < -0.4 is 14.8 Å². The van der Waals surface area contributed by atoms with Crippen LogP contribution in [0.15, 0.2) is 52.4 Å². The molecule has 0 amide bonds. The van der Waals surface area contributed by atoms with Crippen LogP contribution in [0, 0.1) is 0 Å². The zero-order valence-corrected chi connectivity index (χ0v) is 21.2. The fraction of sp³-hybridized carbons (Fsp3) is 0.381. The second-order valence-corrected chi connectivity index (χ2v) is 8.64. The van der Waals surface area contributed by atoms with Crippen molar-refractivity contribution in [2.75, 3.05) is 34.1 Å². The van der Waals surface area contributed by atoms with Crippen LogP contribution >= 0.6 is 24.0 Å². The van der Waals surface area contributed by atoms with Gasteiger partial charge in [0.1, 0.15) is 11.5 Å². The maximum absolute atomic E-state index is 11.6. The molecule has 0 saturated heterocycles. The quantitative estimate of drug-likeness (QED) is 0.311. The van der Waals surface area contributed by atoms with Crippen molar-refractivity contribution < 1.29 is 17.9 Å². The van der Waals surface area contributed by atoms with Crippen LogP contribution in [0.3, 0.4) is 0 Å². The van der Waals surface area contributed by atoms with E-state index in [0.29, 0.717) is 18.0 Å². The third-order valence-electron chi connectivity index (χ3n) is 4.36. The molecule has 1 N–H and O–H groups in total. The van der Waals surface area contributed by atoms with E-state index in [1.54, 1.807) is 38.5 Å². The lowest BCUT2D eigenvalue weighted by Gasteiger charge is -2.23. The van der Waals surface area contributed by atoms with E-state index >= 15 is 0 Å². The molecule has 0 radical (unpaired) electrons. The topological polar surface area (TPSA) is 80.2 Å². The Labute approximate surface area is 196 Å². The number of hydrogen-bond acceptors (Lipinski definition) is 5. The number of nitrogens with one attached hydrogen (secondary N) is 1. The summed E-state index contributed by atoms with van der Waals surface area (Å²) < 4.78 is 33.9. The summed E-state index contributed by atoms with van der Waals surface area (Å²) >= 11 is 0. The number of rotatable bonds is 8. The first-order valence-electron chi connectivity index (χ1n) is 9.27. The number of halogens is 1. The van der Waals surface area contributed by atoms with Crippen molar-refractivity contribution in [2.24, 2.45) is 4.99 Å². The second-order valence-electron chi connectivity index (χ2n) is 6.62. The molecule has 30 heavy (non-hydrogen) atoms. The number of nitrogens with zero attached hydrogens (tertiary/aromatic N) is 2. The molecule has 0 saturated carbocycles. The average molecular weight is 547 g/mol. The Balaban J connectivity index is 0.00000450. The zero-order valence-electron chi connectivity index (χ0n) is 18.0. The number of hydrogen-bond donors (Lipinski definition) is 1. The molecule has 0 fully saturated rings. The van der Waals surface area contributed by atoms with Gasteiger partial charge in [0.05, 0.1) is 25.7 Å². The molecule has 2 aromatic rings. The van der Waals surface area contributed by atoms with Gasteiger partial charge in [-0.15, -0.1) is 24.0 Å². The van der Waals surface area contributed by atoms with Gasteiger partial charge in [-0.05, 0) is 36.8 Å². The number of aliphatic imine (C=N–C) groups is 1. The molecule has 0 bridgehead atoms. The van der Waals surface area contributed by atoms with Gasteiger partial charge >= 0.3 is 0 Å². The summed E-state index contributed by atoms with van der Waals surface area (Å²) in [6.07, 6.45) is 1.20. The van der Waals surface area contributed by atoms with Crippen LogP contribution in [-0.4, -0.2) is 53.3 Å². The number of ether oxygens (including phenoxy) is 2. The molecule has 2 aromatic carbocycles. The number of guanidine groups is 1. The fourth-order valence-corrected chi connectivity index (χ4v) is 3.42. The van der Waals surface area contributed by atoms with Crippen molar-refractivity contribution in [1.82, 2.24) is 10.2 Å². The first-order chi connectivity index (χ1) is 13.8. The van der Waals surface area contributed by atoms with Crippen molar-refractivity contribution in [3.63, 3.8) is 0 Å². The molecule has 0 unspecified atom stereocenters. The van der Waals surface area contributed by atoms with E-state index in [1.165, 1.54) is 6.26 Å². The summed E-state index contributed by atoms with van der Waals surface area (Å²) in [5.74, 6) is 2.24. The van der Waals surface area contributed by atoms with Gasteiger partial charge < -0.3 is 19.7 Å². The summed E-state index contributed by atoms with van der Waals surface area (Å²) in [4.78, 5) is 7.00. The lowest BCUT2D eigenvalue weighted by atomic mass is 10.2. The van der Waals surface area contributed by atoms with Gasteiger partial charge in [0.25, 0.3) is 0 Å². The Bertz CT molecular complexity index is 947. The fourth-order valence-electron chi connectivity index (χ4n) is 2.79. The minimum atomic E-state index is -3.20. The van der Waals surface area contributed by atoms with E-state index in [4.69, 9.17) is 9.47 Å². The van der Waals surface area contributed by atoms with Gasteiger partial charge in [0.2, 0.25) is 0 Å². The van der Waals surface area contributed by atoms with Crippen molar-refractivity contribution in [2.45, 2.75) is 24.9 Å². The number of sulfone groups is 1. The highest BCUT2D eigenvalue weighted by molar-refractivity contribution is 14.0. The Kier molecular flexibility index (Phi) is 10.4. The molecule has 0 heterocycles. The number of methoxy groups -OCH3 is 2. The number of benzene rings is 2. The van der Waals surface area contributed by atoms with Crippen LogP contribution in [0.1, 0.15) is 18.1 Å². The molecular weight excluding hydrogens is 517 g/mol. The van der Waals surface area contributed by atoms with E-state index in [-0.39, 0.29) is 24.0 Å². The predicted molar refractivity (Wildman–Crippen MR) is 131 cm³/mol. The van der Waals surface area contributed by atoms with Gasteiger partial charge in [0, 0.05) is 38.0 Å². The summed E-state index contributed by atoms with van der Waals surface area (Å²) in [5.41, 5.74) is 1.95. The maximum atomic E-state index is 11.6. The summed E-state index contributed by atoms with van der Waals surface area (Å²) in [6, 6.07) is 12.5. The van der Waals surface area contributed by atoms with E-state index in [0.717, 1.165) is 35.1 Å². The van der Waals surface area contributed by atoms with E-state index in [9.17, 15) is 8.42 Å². The first kappa shape index (κ1) is 26.0. The minimum absolute atomic E-state index is 0. The van der Waals surface area contributed by atoms with Crippen LogP contribution in [0.25, 0.3) is 0 Å². The zero-order chi connectivity index (χ0) is 21.4. The van der Waals surface area contributed by atoms with Gasteiger partial charge in [-0.2, -0.15) is 0 Å². The average Bonchev–Trinajstić information content (AvgIpc) is 2.70. The molecule has 166 valence electrons. The minimum Gasteiger partial charge on any atom is -0.497 e. The lowest BCUT2D eigenvalue weighted by Crippen LogP contribution is -2.38. The van der Waals surface area contributed by atoms with Crippen molar-refractivity contribution in [3.05, 3.63) is 53.6 Å². The highest BCUT2D eigenvalue weighted by atomic mass is 127. The molecule has 9 heteroatoms. The highest BCUT2D eigenvalue weighted by Crippen LogP contribution is 2.25. The third kappa shape index (κ3) is 7.35. The lowest BCUT2D eigenvalue weighted by molar-refractivity contribution is 0.382. The van der Waals surface area contributed by atoms with Crippen molar-refractivity contribution in [3.8, 4) is 11.5 Å². The predicted octanol–water partition coefficient (Wildman–Crippen LogP) is 3.32. The molecule has 0 atom stereocenters. The Morgan fingerprint density at radius 3 is 2.30 bits per heavy atom. The molecule has 7 nitrogen and oxygen atoms in total. The molecule has 0 aliphatic carbocycles. The third-order valence-corrected chi connectivity index (χ3v) is 5.49. The maximum Gasteiger partial charge on any atom is 0.194 e. The van der Waals surface area contributed by atoms with E-state index in [1.807, 2.05) is 37.1 Å². The normalized spacial score (nSPS) is 11.4. The van der Waals surface area contributed by atoms with E-state index in [2.05, 4.69) is 10.3 Å². The summed E-state index contributed by atoms with van der Waals surface area (Å²) in [5, 5.41) is 3.28. The highest BCUT2D eigenvalue weighted by Gasteiger charge is 2.12. The van der Waals surface area contributed by atoms with E-state index < -0.39 is 9.84 Å². The monoisotopic (exact) mass is 547 g/mol. The van der Waals surface area contributed by atoms with Gasteiger partial charge in [-0.1, -0.05) is 12.1 Å². The Hall–Kier alpha value is -2.01. The second kappa shape index (κ2) is 12.0. The van der Waals surface area contributed by atoms with Crippen molar-refractivity contribution >= 4 is 39.8 Å². The first-order valence-corrected chi connectivity index (χ1v) is 11.2. The van der Waals surface area contributed by atoms with Crippen LogP contribution in [0.4, 0.5) is 0 Å². The summed E-state index contributed by atoms with van der Waals surface area (Å²) in [7, 11) is 2.02. The Morgan fingerprint density at radius 1 is 1.10 bits per heavy atom. The van der Waals surface area contributed by atoms with Crippen LogP contribution in [-0.2, 0) is 22.9 Å². The summed E-state index contributed by atoms with van der Waals surface area (Å²) in [6.45, 7) is 3.79. The largest absolute Gasteiger partial charge is 0.497 e. The molecular formula is C21H30IN3O4S. The molecule has 0 aromatic heterocycles. The molecule has 0 spiro atoms. The van der Waals surface area contributed by atoms with Crippen molar-refractivity contribution in [1.29, 1.82) is 0 Å². The van der Waals surface area contributed by atoms with Gasteiger partial charge in [-0.25, -0.2) is 13.4 Å². The molecule has 2 rings (SSSR count). The van der Waals surface area contributed by atoms with Gasteiger partial charge in [-0.3, -0.25) is 0 Å². The smallest absolute Gasteiger partial charge is 0.194 e. The SMILES string of the molecule is CCNC(=NCc1ccc(S(C)(=O)=O)cc1)N(C)Cc1ccc(OC)cc1OC.I. The Morgan fingerprint density at radius 2 is 1.77 bits per heavy atom. The van der Waals surface area contributed by atoms with Gasteiger partial charge in [0.15, 0.2) is 15.8 Å². The molecule has 0 aliphatic rings. The standard InChI is InChI=1S/C21H29N3O4S.HI/c1-6-22-21(23-14-16-7-11-19(12-8-16)29(5,25)26)24(2)15-17-9-10-18(27-3)13-20(17)28-4;/h7-13H,6,14-15H2,1-5H3,(H,22,23);1H. The van der Waals surface area contributed by atoms with Crippen LogP contribution in [0.5, 0.6) is 11.5 Å².